The van der Waals surface area contributed by atoms with E-state index in [1.165, 1.54) is 23.5 Å². The molecule has 0 unspecified atom stereocenters. The third kappa shape index (κ3) is 3.77. The summed E-state index contributed by atoms with van der Waals surface area (Å²) in [5.74, 6) is -0.744. The topological polar surface area (TPSA) is 25.4 Å². The highest BCUT2D eigenvalue weighted by Gasteiger charge is 2.22. The van der Waals surface area contributed by atoms with Gasteiger partial charge in [-0.15, -0.1) is 0 Å². The molecule has 3 rings (SSSR count). The first-order valence-corrected chi connectivity index (χ1v) is 7.81. The van der Waals surface area contributed by atoms with Crippen molar-refractivity contribution in [1.29, 1.82) is 0 Å². The molecule has 0 spiro atoms. The number of aromatic nitrogens is 1. The van der Waals surface area contributed by atoms with E-state index in [-0.39, 0.29) is 11.9 Å². The number of hydrogen-bond donors (Lipinski definition) is 0. The highest BCUT2D eigenvalue weighted by molar-refractivity contribution is 7.11. The van der Waals surface area contributed by atoms with Crippen LogP contribution in [0.4, 0.5) is 8.78 Å². The van der Waals surface area contributed by atoms with Crippen LogP contribution in [0.5, 0.6) is 5.19 Å². The molecule has 2 aromatic rings. The van der Waals surface area contributed by atoms with Crippen molar-refractivity contribution in [2.45, 2.75) is 25.5 Å². The van der Waals surface area contributed by atoms with Crippen LogP contribution >= 0.6 is 11.3 Å². The molecule has 1 fully saturated rings. The molecule has 0 bridgehead atoms. The third-order valence-electron chi connectivity index (χ3n) is 3.61. The predicted molar refractivity (Wildman–Crippen MR) is 77.4 cm³/mol. The van der Waals surface area contributed by atoms with Gasteiger partial charge in [0.05, 0.1) is 0 Å². The van der Waals surface area contributed by atoms with Gasteiger partial charge in [0.15, 0.2) is 0 Å². The lowest BCUT2D eigenvalue weighted by molar-refractivity contribution is 0.0959. The molecule has 1 saturated heterocycles. The van der Waals surface area contributed by atoms with Crippen molar-refractivity contribution < 1.29 is 13.5 Å². The second kappa shape index (κ2) is 6.49. The van der Waals surface area contributed by atoms with Gasteiger partial charge in [-0.05, 0) is 31.0 Å². The molecule has 0 atom stereocenters. The number of benzene rings is 1. The highest BCUT2D eigenvalue weighted by atomic mass is 32.1. The summed E-state index contributed by atoms with van der Waals surface area (Å²) in [6, 6.07) is 3.60. The lowest BCUT2D eigenvalue weighted by Gasteiger charge is -2.31. The average Bonchev–Trinajstić information content (AvgIpc) is 2.98. The first-order valence-electron chi connectivity index (χ1n) is 6.93. The van der Waals surface area contributed by atoms with Crippen molar-refractivity contribution in [2.24, 2.45) is 0 Å². The van der Waals surface area contributed by atoms with E-state index in [1.807, 2.05) is 5.38 Å². The zero-order valence-electron chi connectivity index (χ0n) is 11.5. The minimum Gasteiger partial charge on any atom is -0.467 e. The van der Waals surface area contributed by atoms with E-state index in [9.17, 15) is 8.78 Å². The maximum Gasteiger partial charge on any atom is 0.273 e. The van der Waals surface area contributed by atoms with E-state index < -0.39 is 5.82 Å². The Kier molecular flexibility index (Phi) is 4.45. The van der Waals surface area contributed by atoms with Crippen LogP contribution in [0.1, 0.15) is 18.4 Å². The fraction of sp³-hybridized carbons (Fsp3) is 0.400. The van der Waals surface area contributed by atoms with Gasteiger partial charge < -0.3 is 4.74 Å². The second-order valence-electron chi connectivity index (χ2n) is 5.13. The number of ether oxygens (including phenoxy) is 1. The molecular formula is C15H16F2N2OS. The van der Waals surface area contributed by atoms with Crippen molar-refractivity contribution in [3.05, 3.63) is 47.0 Å². The van der Waals surface area contributed by atoms with E-state index >= 15 is 0 Å². The van der Waals surface area contributed by atoms with Gasteiger partial charge >= 0.3 is 0 Å². The molecule has 2 heterocycles. The minimum absolute atomic E-state index is 0.157. The normalized spacial score (nSPS) is 17.0. The molecule has 1 aliphatic rings. The number of piperidine rings is 1. The van der Waals surface area contributed by atoms with Gasteiger partial charge in [-0.2, -0.15) is 0 Å². The summed E-state index contributed by atoms with van der Waals surface area (Å²) in [6.07, 6.45) is 3.62. The van der Waals surface area contributed by atoms with E-state index in [1.54, 1.807) is 6.20 Å². The third-order valence-corrected chi connectivity index (χ3v) is 4.27. The van der Waals surface area contributed by atoms with Gasteiger partial charge in [-0.1, -0.05) is 11.3 Å². The number of likely N-dealkylation sites (tertiary alicyclic amines) is 1. The van der Waals surface area contributed by atoms with E-state index in [0.717, 1.165) is 32.0 Å². The van der Waals surface area contributed by atoms with Crippen molar-refractivity contribution in [3.63, 3.8) is 0 Å². The lowest BCUT2D eigenvalue weighted by atomic mass is 10.1. The van der Waals surface area contributed by atoms with E-state index in [4.69, 9.17) is 4.74 Å². The minimum atomic E-state index is -0.395. The predicted octanol–water partition coefficient (Wildman–Crippen LogP) is 3.46. The van der Waals surface area contributed by atoms with Crippen molar-refractivity contribution in [3.8, 4) is 5.19 Å². The Morgan fingerprint density at radius 3 is 2.81 bits per heavy atom. The van der Waals surface area contributed by atoms with Crippen LogP contribution in [-0.4, -0.2) is 29.1 Å². The first-order chi connectivity index (χ1) is 10.2. The van der Waals surface area contributed by atoms with Crippen molar-refractivity contribution >= 4 is 11.3 Å². The summed E-state index contributed by atoms with van der Waals surface area (Å²) >= 11 is 1.49. The maximum absolute atomic E-state index is 13.6. The van der Waals surface area contributed by atoms with Gasteiger partial charge in [0.25, 0.3) is 5.19 Å². The molecule has 1 aromatic heterocycles. The molecule has 1 aromatic carbocycles. The molecule has 0 saturated carbocycles. The maximum atomic E-state index is 13.6. The smallest absolute Gasteiger partial charge is 0.273 e. The Balaban J connectivity index is 1.52. The van der Waals surface area contributed by atoms with Gasteiger partial charge in [0.1, 0.15) is 17.7 Å². The molecule has 0 aliphatic carbocycles. The summed E-state index contributed by atoms with van der Waals surface area (Å²) in [4.78, 5) is 6.23. The van der Waals surface area contributed by atoms with Crippen LogP contribution in [-0.2, 0) is 6.54 Å². The van der Waals surface area contributed by atoms with E-state index in [2.05, 4.69) is 9.88 Å². The van der Waals surface area contributed by atoms with Crippen LogP contribution in [0.25, 0.3) is 0 Å². The van der Waals surface area contributed by atoms with Crippen molar-refractivity contribution in [2.75, 3.05) is 13.1 Å². The van der Waals surface area contributed by atoms with Gasteiger partial charge in [-0.25, -0.2) is 13.8 Å². The van der Waals surface area contributed by atoms with Crippen molar-refractivity contribution in [1.82, 2.24) is 9.88 Å². The largest absolute Gasteiger partial charge is 0.467 e. The van der Waals surface area contributed by atoms with E-state index in [0.29, 0.717) is 17.3 Å². The average molecular weight is 310 g/mol. The quantitative estimate of drug-likeness (QED) is 0.865. The summed E-state index contributed by atoms with van der Waals surface area (Å²) < 4.78 is 32.6. The van der Waals surface area contributed by atoms with Crippen LogP contribution in [0.3, 0.4) is 0 Å². The van der Waals surface area contributed by atoms with Gasteiger partial charge in [-0.3, -0.25) is 4.90 Å². The number of rotatable bonds is 4. The molecule has 0 amide bonds. The number of thiazole rings is 1. The van der Waals surface area contributed by atoms with Gasteiger partial charge in [0.2, 0.25) is 0 Å². The number of hydrogen-bond acceptors (Lipinski definition) is 4. The molecule has 0 radical (unpaired) electrons. The summed E-state index contributed by atoms with van der Waals surface area (Å²) in [5.41, 5.74) is 0.411. The molecular weight excluding hydrogens is 294 g/mol. The number of nitrogens with zero attached hydrogens (tertiary/aromatic N) is 2. The van der Waals surface area contributed by atoms with Crippen LogP contribution in [0, 0.1) is 11.6 Å². The van der Waals surface area contributed by atoms with Crippen LogP contribution in [0.15, 0.2) is 29.8 Å². The van der Waals surface area contributed by atoms with Crippen LogP contribution < -0.4 is 4.74 Å². The molecule has 21 heavy (non-hydrogen) atoms. The molecule has 3 nitrogen and oxygen atoms in total. The zero-order valence-corrected chi connectivity index (χ0v) is 12.3. The van der Waals surface area contributed by atoms with Gasteiger partial charge in [0, 0.05) is 36.8 Å². The second-order valence-corrected chi connectivity index (χ2v) is 5.98. The monoisotopic (exact) mass is 310 g/mol. The fourth-order valence-corrected chi connectivity index (χ4v) is 3.05. The van der Waals surface area contributed by atoms with Crippen LogP contribution in [0.2, 0.25) is 0 Å². The Morgan fingerprint density at radius 2 is 2.10 bits per heavy atom. The lowest BCUT2D eigenvalue weighted by Crippen LogP contribution is -2.38. The Hall–Kier alpha value is -1.53. The molecule has 1 aliphatic heterocycles. The Morgan fingerprint density at radius 1 is 1.29 bits per heavy atom. The Labute approximate surface area is 126 Å². The number of halogens is 2. The Bertz CT molecular complexity index is 583. The zero-order chi connectivity index (χ0) is 14.7. The first kappa shape index (κ1) is 14.4. The fourth-order valence-electron chi connectivity index (χ4n) is 2.50. The molecule has 0 N–H and O–H groups in total. The summed E-state index contributed by atoms with van der Waals surface area (Å²) in [5, 5.41) is 2.58. The molecule has 6 heteroatoms. The molecule has 112 valence electrons. The SMILES string of the molecule is Fc1ccc(F)c(CN2CCC(Oc3nccs3)CC2)c1. The summed E-state index contributed by atoms with van der Waals surface area (Å²) in [6.45, 7) is 2.06. The standard InChI is InChI=1S/C15H16F2N2OS/c16-12-1-2-14(17)11(9-12)10-19-6-3-13(4-7-19)20-15-18-5-8-21-15/h1-2,5,8-9,13H,3-4,6-7,10H2. The summed E-state index contributed by atoms with van der Waals surface area (Å²) in [7, 11) is 0. The highest BCUT2D eigenvalue weighted by Crippen LogP contribution is 2.22.